The molecule has 0 unspecified atom stereocenters. The van der Waals surface area contributed by atoms with Crippen LogP contribution in [0.5, 0.6) is 0 Å². The van der Waals surface area contributed by atoms with Gasteiger partial charge in [0.2, 0.25) is 5.91 Å². The second kappa shape index (κ2) is 7.97. The molecule has 2 aliphatic rings. The Morgan fingerprint density at radius 2 is 1.82 bits per heavy atom. The minimum Gasteiger partial charge on any atom is -0.466 e. The van der Waals surface area contributed by atoms with E-state index in [9.17, 15) is 22.8 Å². The van der Waals surface area contributed by atoms with Gasteiger partial charge in [0.25, 0.3) is 0 Å². The minimum absolute atomic E-state index is 0.00982. The Hall–Kier alpha value is -2.31. The van der Waals surface area contributed by atoms with E-state index in [1.807, 2.05) is 13.0 Å². The summed E-state index contributed by atoms with van der Waals surface area (Å²) in [5.41, 5.74) is -0.189. The maximum absolute atomic E-state index is 12.7. The number of carbonyl (C=O) groups is 2. The number of fused-ring (bicyclic) bond motifs is 1. The number of carbonyl (C=O) groups excluding carboxylic acids is 2. The number of benzene rings is 1. The molecule has 1 fully saturated rings. The molecule has 1 heterocycles. The molecule has 0 N–H and O–H groups in total. The van der Waals surface area contributed by atoms with Gasteiger partial charge in [-0.2, -0.15) is 13.2 Å². The summed E-state index contributed by atoms with van der Waals surface area (Å²) in [6.45, 7) is 5.04. The van der Waals surface area contributed by atoms with Gasteiger partial charge in [0.05, 0.1) is 24.5 Å². The number of hydrogen-bond donors (Lipinski definition) is 0. The van der Waals surface area contributed by atoms with Gasteiger partial charge < -0.3 is 9.64 Å². The molecule has 0 aromatic heterocycles. The summed E-state index contributed by atoms with van der Waals surface area (Å²) >= 11 is 0. The van der Waals surface area contributed by atoms with Crippen LogP contribution in [0.3, 0.4) is 0 Å². The Bertz CT molecular complexity index is 757. The first-order chi connectivity index (χ1) is 13.2. The Labute approximate surface area is 162 Å². The van der Waals surface area contributed by atoms with Crippen LogP contribution in [0.15, 0.2) is 36.4 Å². The molecule has 1 saturated heterocycles. The topological polar surface area (TPSA) is 46.6 Å². The lowest BCUT2D eigenvalue weighted by Gasteiger charge is -2.31. The molecule has 1 amide bonds. The summed E-state index contributed by atoms with van der Waals surface area (Å²) in [6, 6.07) is 4.67. The first kappa shape index (κ1) is 20.4. The van der Waals surface area contributed by atoms with Crippen molar-refractivity contribution >= 4 is 11.9 Å². The average Bonchev–Trinajstić information content (AvgIpc) is 3.05. The lowest BCUT2D eigenvalue weighted by atomic mass is 9.72. The molecule has 152 valence electrons. The van der Waals surface area contributed by atoms with Crippen molar-refractivity contribution in [3.8, 4) is 0 Å². The maximum atomic E-state index is 12.7. The molecule has 3 rings (SSSR count). The maximum Gasteiger partial charge on any atom is 0.416 e. The van der Waals surface area contributed by atoms with E-state index in [4.69, 9.17) is 4.74 Å². The Kier molecular flexibility index (Phi) is 5.82. The number of allylic oxidation sites excluding steroid dienone is 1. The highest BCUT2D eigenvalue weighted by molar-refractivity contribution is 5.80. The predicted molar refractivity (Wildman–Crippen MR) is 97.1 cm³/mol. The van der Waals surface area contributed by atoms with Crippen molar-refractivity contribution in [1.82, 2.24) is 4.90 Å². The smallest absolute Gasteiger partial charge is 0.416 e. The molecule has 1 aromatic carbocycles. The molecule has 4 nitrogen and oxygen atoms in total. The van der Waals surface area contributed by atoms with E-state index in [0.29, 0.717) is 25.3 Å². The molecular formula is C21H24F3NO3. The van der Waals surface area contributed by atoms with Crippen LogP contribution >= 0.6 is 0 Å². The second-order valence-electron chi connectivity index (χ2n) is 7.52. The zero-order chi connectivity index (χ0) is 20.5. The van der Waals surface area contributed by atoms with E-state index in [-0.39, 0.29) is 42.0 Å². The van der Waals surface area contributed by atoms with Crippen LogP contribution < -0.4 is 0 Å². The van der Waals surface area contributed by atoms with E-state index in [1.165, 1.54) is 12.1 Å². The van der Waals surface area contributed by atoms with Crippen LogP contribution in [-0.2, 0) is 26.9 Å². The van der Waals surface area contributed by atoms with Gasteiger partial charge in [-0.05, 0) is 42.4 Å². The van der Waals surface area contributed by atoms with Crippen molar-refractivity contribution in [2.75, 3.05) is 19.7 Å². The molecule has 0 bridgehead atoms. The molecule has 1 aliphatic heterocycles. The van der Waals surface area contributed by atoms with Crippen molar-refractivity contribution in [2.45, 2.75) is 26.4 Å². The quantitative estimate of drug-likeness (QED) is 0.577. The minimum atomic E-state index is -4.39. The van der Waals surface area contributed by atoms with Gasteiger partial charge in [0.1, 0.15) is 0 Å². The van der Waals surface area contributed by atoms with E-state index in [2.05, 4.69) is 6.08 Å². The number of nitrogens with zero attached hydrogens (tertiary/aromatic N) is 1. The number of amides is 1. The largest absolute Gasteiger partial charge is 0.466 e. The zero-order valence-electron chi connectivity index (χ0n) is 15.9. The fraction of sp³-hybridized carbons (Fsp3) is 0.524. The van der Waals surface area contributed by atoms with E-state index in [0.717, 1.165) is 12.1 Å². The number of halogens is 3. The van der Waals surface area contributed by atoms with Crippen LogP contribution in [0, 0.1) is 23.7 Å². The summed E-state index contributed by atoms with van der Waals surface area (Å²) in [7, 11) is 0. The van der Waals surface area contributed by atoms with Gasteiger partial charge in [-0.1, -0.05) is 31.2 Å². The molecule has 0 radical (unpaired) electrons. The van der Waals surface area contributed by atoms with Crippen LogP contribution in [0.1, 0.15) is 25.0 Å². The summed E-state index contributed by atoms with van der Waals surface area (Å²) < 4.78 is 43.2. The molecule has 1 aromatic rings. The fourth-order valence-corrected chi connectivity index (χ4v) is 4.19. The molecule has 4 atom stereocenters. The summed E-state index contributed by atoms with van der Waals surface area (Å²) in [4.78, 5) is 26.8. The highest BCUT2D eigenvalue weighted by atomic mass is 19.4. The Morgan fingerprint density at radius 3 is 2.43 bits per heavy atom. The summed E-state index contributed by atoms with van der Waals surface area (Å²) in [5, 5.41) is 0. The van der Waals surface area contributed by atoms with Gasteiger partial charge in [-0.15, -0.1) is 0 Å². The van der Waals surface area contributed by atoms with E-state index >= 15 is 0 Å². The lowest BCUT2D eigenvalue weighted by molar-refractivity contribution is -0.152. The number of hydrogen-bond acceptors (Lipinski definition) is 3. The van der Waals surface area contributed by atoms with E-state index < -0.39 is 11.7 Å². The van der Waals surface area contributed by atoms with Crippen molar-refractivity contribution in [3.05, 3.63) is 47.5 Å². The van der Waals surface area contributed by atoms with Crippen LogP contribution in [0.2, 0.25) is 0 Å². The first-order valence-corrected chi connectivity index (χ1v) is 9.49. The third-order valence-corrected chi connectivity index (χ3v) is 5.65. The normalized spacial score (nSPS) is 26.8. The molecule has 7 heteroatoms. The molecule has 28 heavy (non-hydrogen) atoms. The van der Waals surface area contributed by atoms with Crippen molar-refractivity contribution in [2.24, 2.45) is 23.7 Å². The summed E-state index contributed by atoms with van der Waals surface area (Å²) in [5.74, 6) is -0.494. The number of ether oxygens (including phenoxy) is 1. The SMILES string of the molecule is CCOC(=O)[C@@H]1[C@H]2CN(C(=O)Cc3ccc(C(F)(F)F)cc3)C[C@@H]2C=C[C@@H]1C. The highest BCUT2D eigenvalue weighted by Gasteiger charge is 2.45. The number of esters is 1. The van der Waals surface area contributed by atoms with Crippen LogP contribution in [0.4, 0.5) is 13.2 Å². The van der Waals surface area contributed by atoms with Crippen molar-refractivity contribution < 1.29 is 27.5 Å². The number of alkyl halides is 3. The lowest BCUT2D eigenvalue weighted by Crippen LogP contribution is -2.37. The van der Waals surface area contributed by atoms with Crippen molar-refractivity contribution in [1.29, 1.82) is 0 Å². The van der Waals surface area contributed by atoms with E-state index in [1.54, 1.807) is 11.8 Å². The predicted octanol–water partition coefficient (Wildman–Crippen LogP) is 3.71. The standard InChI is InChI=1S/C21H24F3NO3/c1-3-28-20(27)19-13(2)4-7-15-11-25(12-17(15)19)18(26)10-14-5-8-16(9-6-14)21(22,23)24/h4-9,13,15,17,19H,3,10-12H2,1-2H3/t13-,15-,17-,19-/m0/s1. The molecule has 1 aliphatic carbocycles. The molecular weight excluding hydrogens is 371 g/mol. The third kappa shape index (κ3) is 4.23. The number of likely N-dealkylation sites (tertiary alicyclic amines) is 1. The van der Waals surface area contributed by atoms with Gasteiger partial charge in [-0.25, -0.2) is 0 Å². The monoisotopic (exact) mass is 395 g/mol. The van der Waals surface area contributed by atoms with Crippen LogP contribution in [-0.4, -0.2) is 36.5 Å². The highest BCUT2D eigenvalue weighted by Crippen LogP contribution is 2.40. The van der Waals surface area contributed by atoms with Crippen molar-refractivity contribution in [3.63, 3.8) is 0 Å². The second-order valence-corrected chi connectivity index (χ2v) is 7.52. The zero-order valence-corrected chi connectivity index (χ0v) is 15.9. The molecule has 0 saturated carbocycles. The summed E-state index contributed by atoms with van der Waals surface area (Å²) in [6.07, 6.45) is -0.275. The molecule has 0 spiro atoms. The fourth-order valence-electron chi connectivity index (χ4n) is 4.19. The Morgan fingerprint density at radius 1 is 1.14 bits per heavy atom. The van der Waals surface area contributed by atoms with Gasteiger partial charge in [0.15, 0.2) is 0 Å². The van der Waals surface area contributed by atoms with Gasteiger partial charge in [-0.3, -0.25) is 9.59 Å². The van der Waals surface area contributed by atoms with Gasteiger partial charge >= 0.3 is 12.1 Å². The first-order valence-electron chi connectivity index (χ1n) is 9.49. The van der Waals surface area contributed by atoms with Gasteiger partial charge in [0, 0.05) is 13.1 Å². The Balaban J connectivity index is 1.66. The number of rotatable bonds is 4. The average molecular weight is 395 g/mol. The third-order valence-electron chi connectivity index (χ3n) is 5.65. The van der Waals surface area contributed by atoms with Crippen LogP contribution in [0.25, 0.3) is 0 Å².